The summed E-state index contributed by atoms with van der Waals surface area (Å²) in [5.74, 6) is 0.0615. The monoisotopic (exact) mass is 304 g/mol. The van der Waals surface area contributed by atoms with Gasteiger partial charge in [-0.25, -0.2) is 0 Å². The Bertz CT molecular complexity index is 500. The van der Waals surface area contributed by atoms with Crippen molar-refractivity contribution in [3.63, 3.8) is 0 Å². The van der Waals surface area contributed by atoms with Gasteiger partial charge in [0.05, 0.1) is 19.3 Å². The van der Waals surface area contributed by atoms with E-state index < -0.39 is 5.54 Å². The molecule has 1 aromatic rings. The second-order valence-electron chi connectivity index (χ2n) is 6.17. The van der Waals surface area contributed by atoms with Gasteiger partial charge < -0.3 is 20.1 Å². The van der Waals surface area contributed by atoms with E-state index in [1.165, 1.54) is 0 Å². The first-order valence-corrected chi connectivity index (χ1v) is 7.98. The van der Waals surface area contributed by atoms with Gasteiger partial charge in [0.25, 0.3) is 0 Å². The van der Waals surface area contributed by atoms with Gasteiger partial charge in [-0.1, -0.05) is 31.0 Å². The molecule has 0 bridgehead atoms. The fourth-order valence-electron chi connectivity index (χ4n) is 3.39. The number of rotatable bonds is 5. The van der Waals surface area contributed by atoms with Crippen LogP contribution in [0.2, 0.25) is 0 Å². The normalized spacial score (nSPS) is 26.8. The van der Waals surface area contributed by atoms with Crippen LogP contribution in [-0.2, 0) is 14.3 Å². The molecule has 5 nitrogen and oxygen atoms in total. The Morgan fingerprint density at radius 1 is 1.23 bits per heavy atom. The third-order valence-corrected chi connectivity index (χ3v) is 4.70. The number of methoxy groups -OCH3 is 1. The second kappa shape index (κ2) is 6.67. The zero-order valence-electron chi connectivity index (χ0n) is 13.0. The molecule has 1 aliphatic heterocycles. The van der Waals surface area contributed by atoms with Gasteiger partial charge in [0.2, 0.25) is 5.91 Å². The van der Waals surface area contributed by atoms with Gasteiger partial charge in [-0.05, 0) is 25.0 Å². The highest BCUT2D eigenvalue weighted by Crippen LogP contribution is 2.33. The van der Waals surface area contributed by atoms with Crippen molar-refractivity contribution >= 4 is 11.6 Å². The molecule has 0 unspecified atom stereocenters. The summed E-state index contributed by atoms with van der Waals surface area (Å²) in [4.78, 5) is 12.9. The zero-order valence-corrected chi connectivity index (χ0v) is 13.0. The van der Waals surface area contributed by atoms with E-state index in [9.17, 15) is 4.79 Å². The van der Waals surface area contributed by atoms with Crippen LogP contribution in [0.25, 0.3) is 0 Å². The van der Waals surface area contributed by atoms with E-state index in [2.05, 4.69) is 10.6 Å². The SMILES string of the molecule is CO[C@H]1COC[C@@H]1NC(=O)C1(Nc2ccccc2)CCCC1. The molecule has 1 aromatic carbocycles. The summed E-state index contributed by atoms with van der Waals surface area (Å²) in [7, 11) is 1.66. The summed E-state index contributed by atoms with van der Waals surface area (Å²) < 4.78 is 10.8. The number of carbonyl (C=O) groups excluding carboxylic acids is 1. The summed E-state index contributed by atoms with van der Waals surface area (Å²) in [6, 6.07) is 9.88. The van der Waals surface area contributed by atoms with Crippen molar-refractivity contribution in [1.29, 1.82) is 0 Å². The van der Waals surface area contributed by atoms with Crippen LogP contribution in [0.4, 0.5) is 5.69 Å². The molecule has 1 saturated heterocycles. The predicted molar refractivity (Wildman–Crippen MR) is 84.8 cm³/mol. The molecular formula is C17H24N2O3. The lowest BCUT2D eigenvalue weighted by molar-refractivity contribution is -0.126. The molecule has 1 aliphatic carbocycles. The number of anilines is 1. The average Bonchev–Trinajstić information content (AvgIpc) is 3.18. The van der Waals surface area contributed by atoms with Crippen molar-refractivity contribution in [2.75, 3.05) is 25.6 Å². The van der Waals surface area contributed by atoms with E-state index in [1.807, 2.05) is 30.3 Å². The fraction of sp³-hybridized carbons (Fsp3) is 0.588. The van der Waals surface area contributed by atoms with Crippen LogP contribution in [0.1, 0.15) is 25.7 Å². The van der Waals surface area contributed by atoms with Crippen LogP contribution in [0.15, 0.2) is 30.3 Å². The first-order chi connectivity index (χ1) is 10.7. The standard InChI is InChI=1S/C17H24N2O3/c1-21-15-12-22-11-14(15)18-16(20)17(9-5-6-10-17)19-13-7-3-2-4-8-13/h2-4,7-8,14-15,19H,5-6,9-12H2,1H3,(H,18,20)/t14-,15-/m0/s1. The van der Waals surface area contributed by atoms with Crippen molar-refractivity contribution < 1.29 is 14.3 Å². The van der Waals surface area contributed by atoms with Crippen LogP contribution < -0.4 is 10.6 Å². The molecule has 22 heavy (non-hydrogen) atoms. The number of amides is 1. The molecule has 2 fully saturated rings. The first-order valence-electron chi connectivity index (χ1n) is 7.98. The first kappa shape index (κ1) is 15.3. The Hall–Kier alpha value is -1.59. The summed E-state index contributed by atoms with van der Waals surface area (Å²) in [6.45, 7) is 1.06. The van der Waals surface area contributed by atoms with Gasteiger partial charge in [-0.3, -0.25) is 4.79 Å². The summed E-state index contributed by atoms with van der Waals surface area (Å²) in [5, 5.41) is 6.60. The van der Waals surface area contributed by atoms with Crippen LogP contribution in [0, 0.1) is 0 Å². The Balaban J connectivity index is 1.71. The van der Waals surface area contributed by atoms with E-state index in [1.54, 1.807) is 7.11 Å². The van der Waals surface area contributed by atoms with Gasteiger partial charge in [0, 0.05) is 12.8 Å². The van der Waals surface area contributed by atoms with Crippen molar-refractivity contribution in [3.8, 4) is 0 Å². The molecule has 1 amide bonds. The van der Waals surface area contributed by atoms with E-state index in [0.717, 1.165) is 31.4 Å². The summed E-state index contributed by atoms with van der Waals surface area (Å²) in [6.07, 6.45) is 3.81. The number of carbonyl (C=O) groups is 1. The second-order valence-corrected chi connectivity index (χ2v) is 6.17. The lowest BCUT2D eigenvalue weighted by Gasteiger charge is -2.32. The van der Waals surface area contributed by atoms with Gasteiger partial charge >= 0.3 is 0 Å². The van der Waals surface area contributed by atoms with E-state index in [-0.39, 0.29) is 18.1 Å². The summed E-state index contributed by atoms with van der Waals surface area (Å²) in [5.41, 5.74) is 0.480. The summed E-state index contributed by atoms with van der Waals surface area (Å²) >= 11 is 0. The minimum atomic E-state index is -0.512. The molecule has 1 saturated carbocycles. The highest BCUT2D eigenvalue weighted by atomic mass is 16.5. The van der Waals surface area contributed by atoms with Crippen LogP contribution in [0.5, 0.6) is 0 Å². The molecule has 3 rings (SSSR count). The Kier molecular flexibility index (Phi) is 4.64. The molecule has 5 heteroatoms. The maximum Gasteiger partial charge on any atom is 0.246 e. The number of ether oxygens (including phenoxy) is 2. The molecule has 2 atom stereocenters. The predicted octanol–water partition coefficient (Wildman–Crippen LogP) is 1.94. The molecule has 0 spiro atoms. The van der Waals surface area contributed by atoms with Gasteiger partial charge in [0.1, 0.15) is 11.6 Å². The topological polar surface area (TPSA) is 59.6 Å². The Morgan fingerprint density at radius 3 is 2.64 bits per heavy atom. The Morgan fingerprint density at radius 2 is 1.95 bits per heavy atom. The molecular weight excluding hydrogens is 280 g/mol. The highest BCUT2D eigenvalue weighted by molar-refractivity contribution is 5.90. The molecule has 0 aromatic heterocycles. The number of hydrogen-bond acceptors (Lipinski definition) is 4. The smallest absolute Gasteiger partial charge is 0.246 e. The number of nitrogens with one attached hydrogen (secondary N) is 2. The van der Waals surface area contributed by atoms with Gasteiger partial charge in [-0.2, -0.15) is 0 Å². The minimum Gasteiger partial charge on any atom is -0.377 e. The number of para-hydroxylation sites is 1. The van der Waals surface area contributed by atoms with Crippen LogP contribution in [0.3, 0.4) is 0 Å². The lowest BCUT2D eigenvalue weighted by Crippen LogP contribution is -2.55. The molecule has 0 radical (unpaired) electrons. The molecule has 2 N–H and O–H groups in total. The van der Waals surface area contributed by atoms with E-state index in [0.29, 0.717) is 13.2 Å². The fourth-order valence-corrected chi connectivity index (χ4v) is 3.39. The van der Waals surface area contributed by atoms with Crippen molar-refractivity contribution in [2.24, 2.45) is 0 Å². The maximum absolute atomic E-state index is 12.9. The number of hydrogen-bond donors (Lipinski definition) is 2. The van der Waals surface area contributed by atoms with Crippen molar-refractivity contribution in [2.45, 2.75) is 43.4 Å². The molecule has 120 valence electrons. The Labute approximate surface area is 131 Å². The van der Waals surface area contributed by atoms with Crippen LogP contribution >= 0.6 is 0 Å². The van der Waals surface area contributed by atoms with E-state index >= 15 is 0 Å². The average molecular weight is 304 g/mol. The number of benzene rings is 1. The van der Waals surface area contributed by atoms with E-state index in [4.69, 9.17) is 9.47 Å². The van der Waals surface area contributed by atoms with Gasteiger partial charge in [-0.15, -0.1) is 0 Å². The largest absolute Gasteiger partial charge is 0.377 e. The molecule has 2 aliphatic rings. The van der Waals surface area contributed by atoms with Crippen LogP contribution in [-0.4, -0.2) is 43.9 Å². The molecule has 1 heterocycles. The van der Waals surface area contributed by atoms with Crippen molar-refractivity contribution in [1.82, 2.24) is 5.32 Å². The third kappa shape index (κ3) is 3.10. The van der Waals surface area contributed by atoms with Crippen molar-refractivity contribution in [3.05, 3.63) is 30.3 Å². The zero-order chi connectivity index (χ0) is 15.4. The quantitative estimate of drug-likeness (QED) is 0.873. The maximum atomic E-state index is 12.9. The minimum absolute atomic E-state index is 0.0564. The lowest BCUT2D eigenvalue weighted by atomic mass is 9.95. The highest BCUT2D eigenvalue weighted by Gasteiger charge is 2.43. The van der Waals surface area contributed by atoms with Gasteiger partial charge in [0.15, 0.2) is 0 Å². The third-order valence-electron chi connectivity index (χ3n) is 4.70.